The van der Waals surface area contributed by atoms with Gasteiger partial charge in [-0.05, 0) is 56.0 Å². The first kappa shape index (κ1) is 23.7. The highest BCUT2D eigenvalue weighted by molar-refractivity contribution is 7.99. The van der Waals surface area contributed by atoms with Crippen molar-refractivity contribution >= 4 is 40.2 Å². The Kier molecular flexibility index (Phi) is 6.76. The maximum Gasteiger partial charge on any atom is 0.406 e. The number of carbonyl (C=O) groups excluding carboxylic acids is 1. The fraction of sp³-hybridized carbons (Fsp3) is 0.409. The van der Waals surface area contributed by atoms with E-state index in [-0.39, 0.29) is 28.9 Å². The minimum Gasteiger partial charge on any atom is -0.467 e. The van der Waals surface area contributed by atoms with E-state index < -0.39 is 24.7 Å². The fourth-order valence-corrected chi connectivity index (χ4v) is 4.73. The van der Waals surface area contributed by atoms with Gasteiger partial charge in [0.1, 0.15) is 12.3 Å². The second-order valence-electron chi connectivity index (χ2n) is 8.03. The number of aromatic nitrogens is 2. The summed E-state index contributed by atoms with van der Waals surface area (Å²) in [4.78, 5) is 31.4. The largest absolute Gasteiger partial charge is 0.467 e. The van der Waals surface area contributed by atoms with Gasteiger partial charge in [0.05, 0.1) is 29.5 Å². The summed E-state index contributed by atoms with van der Waals surface area (Å²) in [7, 11) is 0. The summed E-state index contributed by atoms with van der Waals surface area (Å²) in [5.74, 6) is -0.355. The van der Waals surface area contributed by atoms with Crippen molar-refractivity contribution in [2.45, 2.75) is 43.7 Å². The molecule has 1 aliphatic carbocycles. The molecule has 33 heavy (non-hydrogen) atoms. The molecular weight excluding hydrogens is 479 g/mol. The number of amides is 1. The van der Waals surface area contributed by atoms with Crippen molar-refractivity contribution in [1.82, 2.24) is 14.5 Å². The Morgan fingerprint density at radius 2 is 2.12 bits per heavy atom. The van der Waals surface area contributed by atoms with Crippen LogP contribution >= 0.6 is 23.4 Å². The number of alkyl halides is 3. The molecule has 2 aromatic heterocycles. The number of halogens is 4. The van der Waals surface area contributed by atoms with Gasteiger partial charge in [-0.25, -0.2) is 4.98 Å². The van der Waals surface area contributed by atoms with Crippen LogP contribution in [-0.4, -0.2) is 44.9 Å². The van der Waals surface area contributed by atoms with E-state index in [4.69, 9.17) is 16.0 Å². The third kappa shape index (κ3) is 5.73. The summed E-state index contributed by atoms with van der Waals surface area (Å²) in [5, 5.41) is 0.924. The van der Waals surface area contributed by atoms with Gasteiger partial charge in [-0.2, -0.15) is 13.2 Å². The lowest BCUT2D eigenvalue weighted by atomic mass is 10.2. The van der Waals surface area contributed by atoms with Gasteiger partial charge in [0, 0.05) is 11.1 Å². The molecule has 6 nitrogen and oxygen atoms in total. The van der Waals surface area contributed by atoms with Gasteiger partial charge in [-0.15, -0.1) is 0 Å². The molecule has 1 atom stereocenters. The van der Waals surface area contributed by atoms with Gasteiger partial charge in [-0.1, -0.05) is 23.4 Å². The molecule has 0 bridgehead atoms. The first-order valence-corrected chi connectivity index (χ1v) is 11.7. The summed E-state index contributed by atoms with van der Waals surface area (Å²) >= 11 is 6.97. The molecule has 1 aliphatic rings. The summed E-state index contributed by atoms with van der Waals surface area (Å²) in [6, 6.07) is 7.54. The molecule has 0 radical (unpaired) electrons. The number of rotatable bonds is 8. The fourth-order valence-electron chi connectivity index (χ4n) is 3.68. The van der Waals surface area contributed by atoms with Crippen molar-refractivity contribution in [1.29, 1.82) is 0 Å². The van der Waals surface area contributed by atoms with Crippen LogP contribution in [0.4, 0.5) is 13.2 Å². The average molecular weight is 500 g/mol. The normalized spacial score (nSPS) is 15.1. The molecule has 2 heterocycles. The molecule has 1 aromatic carbocycles. The number of thioether (sulfide) groups is 1. The molecule has 0 spiro atoms. The molecule has 1 unspecified atom stereocenters. The van der Waals surface area contributed by atoms with E-state index in [0.717, 1.165) is 29.5 Å². The Bertz CT molecular complexity index is 1210. The number of carbonyl (C=O) groups is 1. The smallest absolute Gasteiger partial charge is 0.406 e. The van der Waals surface area contributed by atoms with E-state index in [1.54, 1.807) is 31.2 Å². The van der Waals surface area contributed by atoms with Gasteiger partial charge in [-0.3, -0.25) is 14.2 Å². The molecule has 0 N–H and O–H groups in total. The van der Waals surface area contributed by atoms with Crippen LogP contribution < -0.4 is 5.56 Å². The van der Waals surface area contributed by atoms with Crippen molar-refractivity contribution in [3.05, 3.63) is 57.7 Å². The zero-order chi connectivity index (χ0) is 23.8. The van der Waals surface area contributed by atoms with Crippen LogP contribution in [0.25, 0.3) is 10.9 Å². The molecule has 1 fully saturated rings. The van der Waals surface area contributed by atoms with Crippen LogP contribution in [0, 0.1) is 5.92 Å². The maximum absolute atomic E-state index is 13.1. The van der Waals surface area contributed by atoms with Crippen molar-refractivity contribution < 1.29 is 22.4 Å². The van der Waals surface area contributed by atoms with Gasteiger partial charge >= 0.3 is 6.18 Å². The van der Waals surface area contributed by atoms with Crippen molar-refractivity contribution in [2.24, 2.45) is 5.92 Å². The average Bonchev–Trinajstić information content (AvgIpc) is 3.47. The topological polar surface area (TPSA) is 68.3 Å². The second kappa shape index (κ2) is 9.42. The molecular formula is C22H21ClF3N3O3S. The minimum absolute atomic E-state index is 0.0681. The first-order valence-electron chi connectivity index (χ1n) is 10.3. The first-order chi connectivity index (χ1) is 15.6. The Balaban J connectivity index is 1.63. The summed E-state index contributed by atoms with van der Waals surface area (Å²) in [6.07, 6.45) is -1.40. The van der Waals surface area contributed by atoms with Crippen molar-refractivity contribution in [3.8, 4) is 0 Å². The highest BCUT2D eigenvalue weighted by Crippen LogP contribution is 2.36. The number of fused-ring (bicyclic) bond motifs is 1. The number of furan rings is 1. The SMILES string of the molecule is CC(C1CC1)N(CC(F)(F)F)C(=O)CSc1nc2cc(Cl)ccc2c(=O)n1Cc1ccco1. The standard InChI is InChI=1S/C22H21ClF3N3O3S/c1-13(14-4-5-14)29(12-22(24,25)26)19(30)11-33-21-27-18-9-15(23)6-7-17(18)20(31)28(21)10-16-3-2-8-32-16/h2-3,6-9,13-14H,4-5,10-12H2,1H3. The Labute approximate surface area is 196 Å². The van der Waals surface area contributed by atoms with Crippen LogP contribution in [0.1, 0.15) is 25.5 Å². The monoisotopic (exact) mass is 499 g/mol. The van der Waals surface area contributed by atoms with Crippen LogP contribution in [0.5, 0.6) is 0 Å². The third-order valence-corrected chi connectivity index (χ3v) is 6.76. The van der Waals surface area contributed by atoms with Gasteiger partial charge in [0.15, 0.2) is 5.16 Å². The van der Waals surface area contributed by atoms with Crippen LogP contribution in [0.2, 0.25) is 5.02 Å². The Hall–Kier alpha value is -2.46. The summed E-state index contributed by atoms with van der Waals surface area (Å²) in [6.45, 7) is 0.414. The zero-order valence-electron chi connectivity index (χ0n) is 17.6. The Morgan fingerprint density at radius 3 is 2.76 bits per heavy atom. The third-order valence-electron chi connectivity index (χ3n) is 5.57. The Morgan fingerprint density at radius 1 is 1.36 bits per heavy atom. The van der Waals surface area contributed by atoms with Gasteiger partial charge < -0.3 is 9.32 Å². The number of benzene rings is 1. The van der Waals surface area contributed by atoms with Gasteiger partial charge in [0.25, 0.3) is 5.56 Å². The molecule has 0 aliphatic heterocycles. The van der Waals surface area contributed by atoms with Crippen molar-refractivity contribution in [2.75, 3.05) is 12.3 Å². The summed E-state index contributed by atoms with van der Waals surface area (Å²) < 4.78 is 46.1. The predicted octanol–water partition coefficient (Wildman–Crippen LogP) is 4.97. The van der Waals surface area contributed by atoms with E-state index in [9.17, 15) is 22.8 Å². The molecule has 4 rings (SSSR count). The lowest BCUT2D eigenvalue weighted by Crippen LogP contribution is -2.46. The molecule has 1 amide bonds. The number of nitrogens with zero attached hydrogens (tertiary/aromatic N) is 3. The highest BCUT2D eigenvalue weighted by atomic mass is 35.5. The van der Waals surface area contributed by atoms with Crippen molar-refractivity contribution in [3.63, 3.8) is 0 Å². The molecule has 0 saturated heterocycles. The van der Waals surface area contributed by atoms with Crippen LogP contribution in [0.3, 0.4) is 0 Å². The lowest BCUT2D eigenvalue weighted by Gasteiger charge is -2.30. The summed E-state index contributed by atoms with van der Waals surface area (Å²) in [5.41, 5.74) is -0.0156. The quantitative estimate of drug-likeness (QED) is 0.323. The van der Waals surface area contributed by atoms with E-state index in [0.29, 0.717) is 21.7 Å². The number of hydrogen-bond acceptors (Lipinski definition) is 5. The van der Waals surface area contributed by atoms with Crippen LogP contribution in [0.15, 0.2) is 51.0 Å². The minimum atomic E-state index is -4.50. The maximum atomic E-state index is 13.1. The second-order valence-corrected chi connectivity index (χ2v) is 9.41. The van der Waals surface area contributed by atoms with E-state index in [1.165, 1.54) is 16.9 Å². The lowest BCUT2D eigenvalue weighted by molar-refractivity contribution is -0.164. The van der Waals surface area contributed by atoms with Crippen LogP contribution in [-0.2, 0) is 11.3 Å². The molecule has 3 aromatic rings. The zero-order valence-corrected chi connectivity index (χ0v) is 19.2. The van der Waals surface area contributed by atoms with E-state index in [1.807, 2.05) is 0 Å². The highest BCUT2D eigenvalue weighted by Gasteiger charge is 2.40. The van der Waals surface area contributed by atoms with Gasteiger partial charge in [0.2, 0.25) is 5.91 Å². The molecule has 176 valence electrons. The molecule has 11 heteroatoms. The van der Waals surface area contributed by atoms with E-state index >= 15 is 0 Å². The predicted molar refractivity (Wildman–Crippen MR) is 120 cm³/mol. The molecule has 1 saturated carbocycles. The van der Waals surface area contributed by atoms with E-state index in [2.05, 4.69) is 4.98 Å². The number of hydrogen-bond donors (Lipinski definition) is 0.